The van der Waals surface area contributed by atoms with Gasteiger partial charge in [-0.1, -0.05) is 12.1 Å². The fourth-order valence-electron chi connectivity index (χ4n) is 2.76. The summed E-state index contributed by atoms with van der Waals surface area (Å²) >= 11 is 0. The van der Waals surface area contributed by atoms with Gasteiger partial charge in [0.1, 0.15) is 11.5 Å². The highest BCUT2D eigenvalue weighted by Crippen LogP contribution is 2.20. The quantitative estimate of drug-likeness (QED) is 0.840. The number of hydrogen-bond donors (Lipinski definition) is 1. The number of anilines is 1. The molecule has 1 saturated heterocycles. The first kappa shape index (κ1) is 18.2. The van der Waals surface area contributed by atoms with E-state index in [-0.39, 0.29) is 41.5 Å². The van der Waals surface area contributed by atoms with E-state index >= 15 is 0 Å². The Balaban J connectivity index is 1.66. The number of nitrogens with zero attached hydrogens (tertiary/aromatic N) is 3. The highest BCUT2D eigenvalue weighted by molar-refractivity contribution is 7.91. The predicted octanol–water partition coefficient (Wildman–Crippen LogP) is 1.17. The Morgan fingerprint density at radius 3 is 2.69 bits per heavy atom. The smallest absolute Gasteiger partial charge is 0.270 e. The van der Waals surface area contributed by atoms with Gasteiger partial charge in [0.05, 0.1) is 11.5 Å². The number of halogens is 1. The van der Waals surface area contributed by atoms with Crippen molar-refractivity contribution in [3.05, 3.63) is 53.6 Å². The van der Waals surface area contributed by atoms with Gasteiger partial charge in [0, 0.05) is 25.8 Å². The Morgan fingerprint density at radius 1 is 1.31 bits per heavy atom. The molecule has 1 unspecified atom stereocenters. The van der Waals surface area contributed by atoms with Crippen LogP contribution in [-0.4, -0.2) is 48.9 Å². The van der Waals surface area contributed by atoms with Crippen LogP contribution in [0.2, 0.25) is 0 Å². The number of benzene rings is 1. The average Bonchev–Trinajstić information content (AvgIpc) is 3.00. The van der Waals surface area contributed by atoms with E-state index in [2.05, 4.69) is 15.3 Å². The first-order chi connectivity index (χ1) is 12.3. The minimum absolute atomic E-state index is 0.0633. The lowest BCUT2D eigenvalue weighted by Gasteiger charge is -2.23. The van der Waals surface area contributed by atoms with E-state index in [9.17, 15) is 17.6 Å². The van der Waals surface area contributed by atoms with Crippen molar-refractivity contribution in [3.63, 3.8) is 0 Å². The molecule has 2 heterocycles. The normalized spacial score (nSPS) is 18.5. The van der Waals surface area contributed by atoms with Crippen LogP contribution >= 0.6 is 0 Å². The van der Waals surface area contributed by atoms with Gasteiger partial charge in [0.25, 0.3) is 5.91 Å². The lowest BCUT2D eigenvalue weighted by atomic mass is 10.2. The van der Waals surface area contributed by atoms with Gasteiger partial charge in [-0.15, -0.1) is 0 Å². The third-order valence-electron chi connectivity index (χ3n) is 4.31. The molecule has 3 rings (SSSR count). The van der Waals surface area contributed by atoms with Crippen LogP contribution in [0.1, 0.15) is 22.5 Å². The standard InChI is InChI=1S/C17H19FN4O3S/c1-22(14-7-9-26(24,25)11-14)17-19-8-6-15(21-17)16(23)20-10-12-2-4-13(18)5-3-12/h2-6,8,14H,7,9-11H2,1H3,(H,20,23). The zero-order valence-electron chi connectivity index (χ0n) is 14.2. The van der Waals surface area contributed by atoms with Crippen molar-refractivity contribution in [3.8, 4) is 0 Å². The number of carbonyl (C=O) groups is 1. The Bertz CT molecular complexity index is 902. The molecule has 0 radical (unpaired) electrons. The molecule has 1 amide bonds. The third-order valence-corrected chi connectivity index (χ3v) is 6.06. The molecule has 1 aromatic heterocycles. The molecule has 0 spiro atoms. The molecule has 1 aromatic carbocycles. The maximum atomic E-state index is 12.9. The summed E-state index contributed by atoms with van der Waals surface area (Å²) in [6.07, 6.45) is 1.98. The number of rotatable bonds is 5. The second-order valence-electron chi connectivity index (χ2n) is 6.22. The van der Waals surface area contributed by atoms with Crippen LogP contribution in [0.25, 0.3) is 0 Å². The summed E-state index contributed by atoms with van der Waals surface area (Å²) in [5, 5.41) is 2.72. The summed E-state index contributed by atoms with van der Waals surface area (Å²) in [5.41, 5.74) is 0.951. The number of aromatic nitrogens is 2. The molecule has 7 nitrogen and oxygen atoms in total. The van der Waals surface area contributed by atoms with Crippen LogP contribution in [-0.2, 0) is 16.4 Å². The molecule has 138 valence electrons. The molecule has 1 fully saturated rings. The van der Waals surface area contributed by atoms with E-state index in [1.165, 1.54) is 24.4 Å². The highest BCUT2D eigenvalue weighted by atomic mass is 32.2. The van der Waals surface area contributed by atoms with Crippen LogP contribution in [0.5, 0.6) is 0 Å². The SMILES string of the molecule is CN(c1nccc(C(=O)NCc2ccc(F)cc2)n1)C1CCS(=O)(=O)C1. The Morgan fingerprint density at radius 2 is 2.04 bits per heavy atom. The summed E-state index contributed by atoms with van der Waals surface area (Å²) < 4.78 is 36.2. The van der Waals surface area contributed by atoms with E-state index in [0.717, 1.165) is 5.56 Å². The zero-order chi connectivity index (χ0) is 18.7. The number of nitrogens with one attached hydrogen (secondary N) is 1. The maximum Gasteiger partial charge on any atom is 0.270 e. The monoisotopic (exact) mass is 378 g/mol. The lowest BCUT2D eigenvalue weighted by molar-refractivity contribution is 0.0946. The van der Waals surface area contributed by atoms with Gasteiger partial charge in [0.2, 0.25) is 5.95 Å². The molecular formula is C17H19FN4O3S. The van der Waals surface area contributed by atoms with E-state index < -0.39 is 9.84 Å². The van der Waals surface area contributed by atoms with E-state index in [1.54, 1.807) is 24.1 Å². The third kappa shape index (κ3) is 4.34. The molecule has 9 heteroatoms. The Kier molecular flexibility index (Phi) is 5.17. The van der Waals surface area contributed by atoms with E-state index in [4.69, 9.17) is 0 Å². The lowest BCUT2D eigenvalue weighted by Crippen LogP contribution is -2.34. The van der Waals surface area contributed by atoms with Gasteiger partial charge in [-0.3, -0.25) is 4.79 Å². The van der Waals surface area contributed by atoms with Crippen molar-refractivity contribution in [2.75, 3.05) is 23.5 Å². The van der Waals surface area contributed by atoms with E-state index in [1.807, 2.05) is 0 Å². The topological polar surface area (TPSA) is 92.3 Å². The van der Waals surface area contributed by atoms with Crippen molar-refractivity contribution in [1.82, 2.24) is 15.3 Å². The molecule has 1 aliphatic rings. The minimum Gasteiger partial charge on any atom is -0.347 e. The van der Waals surface area contributed by atoms with Gasteiger partial charge in [-0.2, -0.15) is 0 Å². The van der Waals surface area contributed by atoms with Crippen molar-refractivity contribution in [2.24, 2.45) is 0 Å². The number of hydrogen-bond acceptors (Lipinski definition) is 6. The average molecular weight is 378 g/mol. The fourth-order valence-corrected chi connectivity index (χ4v) is 4.54. The molecular weight excluding hydrogens is 359 g/mol. The van der Waals surface area contributed by atoms with Crippen LogP contribution < -0.4 is 10.2 Å². The summed E-state index contributed by atoms with van der Waals surface area (Å²) in [6.45, 7) is 0.245. The first-order valence-corrected chi connectivity index (χ1v) is 9.95. The second-order valence-corrected chi connectivity index (χ2v) is 8.45. The molecule has 0 saturated carbocycles. The van der Waals surface area contributed by atoms with Crippen molar-refractivity contribution < 1.29 is 17.6 Å². The molecule has 0 aliphatic carbocycles. The first-order valence-electron chi connectivity index (χ1n) is 8.13. The van der Waals surface area contributed by atoms with Crippen molar-refractivity contribution in [2.45, 2.75) is 19.0 Å². The molecule has 1 aliphatic heterocycles. The second kappa shape index (κ2) is 7.36. The van der Waals surface area contributed by atoms with Gasteiger partial charge in [-0.05, 0) is 30.2 Å². The van der Waals surface area contributed by atoms with Crippen LogP contribution in [0.15, 0.2) is 36.5 Å². The molecule has 26 heavy (non-hydrogen) atoms. The fraction of sp³-hybridized carbons (Fsp3) is 0.353. The Hall–Kier alpha value is -2.55. The van der Waals surface area contributed by atoms with Crippen LogP contribution in [0, 0.1) is 5.82 Å². The number of carbonyl (C=O) groups excluding carboxylic acids is 1. The summed E-state index contributed by atoms with van der Waals surface area (Å²) in [4.78, 5) is 22.4. The van der Waals surface area contributed by atoms with E-state index in [0.29, 0.717) is 12.4 Å². The van der Waals surface area contributed by atoms with Crippen molar-refractivity contribution >= 4 is 21.7 Å². The number of sulfone groups is 1. The Labute approximate surface area is 151 Å². The van der Waals surface area contributed by atoms with Crippen LogP contribution in [0.4, 0.5) is 10.3 Å². The summed E-state index contributed by atoms with van der Waals surface area (Å²) in [5.74, 6) is -0.197. The number of amides is 1. The van der Waals surface area contributed by atoms with Gasteiger partial charge in [0.15, 0.2) is 9.84 Å². The van der Waals surface area contributed by atoms with Gasteiger partial charge < -0.3 is 10.2 Å². The summed E-state index contributed by atoms with van der Waals surface area (Å²) in [7, 11) is -1.30. The molecule has 2 aromatic rings. The zero-order valence-corrected chi connectivity index (χ0v) is 15.0. The molecule has 0 bridgehead atoms. The van der Waals surface area contributed by atoms with Crippen LogP contribution in [0.3, 0.4) is 0 Å². The minimum atomic E-state index is -3.02. The summed E-state index contributed by atoms with van der Waals surface area (Å²) in [6, 6.07) is 7.13. The van der Waals surface area contributed by atoms with Gasteiger partial charge >= 0.3 is 0 Å². The largest absolute Gasteiger partial charge is 0.347 e. The van der Waals surface area contributed by atoms with Crippen molar-refractivity contribution in [1.29, 1.82) is 0 Å². The highest BCUT2D eigenvalue weighted by Gasteiger charge is 2.31. The van der Waals surface area contributed by atoms with Gasteiger partial charge in [-0.25, -0.2) is 22.8 Å². The predicted molar refractivity (Wildman–Crippen MR) is 95.1 cm³/mol. The maximum absolute atomic E-state index is 12.9. The molecule has 1 atom stereocenters. The molecule has 1 N–H and O–H groups in total.